The van der Waals surface area contributed by atoms with Crippen molar-refractivity contribution in [3.63, 3.8) is 0 Å². The molecule has 1 heterocycles. The Balaban J connectivity index is 1.94. The first-order valence-electron chi connectivity index (χ1n) is 7.25. The normalized spacial score (nSPS) is 16.1. The highest BCUT2D eigenvalue weighted by Gasteiger charge is 2.16. The van der Waals surface area contributed by atoms with E-state index < -0.39 is 0 Å². The Morgan fingerprint density at radius 2 is 1.95 bits per heavy atom. The number of rotatable bonds is 4. The molecule has 19 heavy (non-hydrogen) atoms. The van der Waals surface area contributed by atoms with Gasteiger partial charge in [-0.25, -0.2) is 0 Å². The summed E-state index contributed by atoms with van der Waals surface area (Å²) in [5, 5.41) is 8.04. The minimum absolute atomic E-state index is 0.350. The smallest absolute Gasteiger partial charge is 0.0584 e. The van der Waals surface area contributed by atoms with Crippen molar-refractivity contribution in [3.8, 4) is 0 Å². The molecule has 2 aromatic rings. The lowest BCUT2D eigenvalue weighted by molar-refractivity contribution is 0.627. The van der Waals surface area contributed by atoms with Gasteiger partial charge in [0, 0.05) is 0 Å². The third-order valence-corrected chi connectivity index (χ3v) is 4.69. The summed E-state index contributed by atoms with van der Waals surface area (Å²) >= 11 is 1.78. The zero-order valence-electron chi connectivity index (χ0n) is 11.5. The summed E-state index contributed by atoms with van der Waals surface area (Å²) in [5.41, 5.74) is 5.95. The van der Waals surface area contributed by atoms with Gasteiger partial charge in [0.2, 0.25) is 0 Å². The van der Waals surface area contributed by atoms with E-state index in [1.165, 1.54) is 36.8 Å². The summed E-state index contributed by atoms with van der Waals surface area (Å²) in [6.45, 7) is 3.18. The number of hydrogen-bond acceptors (Lipinski definition) is 2. The van der Waals surface area contributed by atoms with Crippen LogP contribution in [0.3, 0.4) is 0 Å². The summed E-state index contributed by atoms with van der Waals surface area (Å²) in [7, 11) is 0. The molecule has 1 unspecified atom stereocenters. The molecule has 0 saturated carbocycles. The van der Waals surface area contributed by atoms with Crippen molar-refractivity contribution in [1.29, 1.82) is 0 Å². The van der Waals surface area contributed by atoms with E-state index in [9.17, 15) is 0 Å². The fraction of sp³-hybridized carbons (Fsp3) is 0.412. The van der Waals surface area contributed by atoms with Crippen LogP contribution in [0.2, 0.25) is 0 Å². The van der Waals surface area contributed by atoms with Crippen LogP contribution < -0.4 is 5.32 Å². The Hall–Kier alpha value is -1.12. The first kappa shape index (κ1) is 12.9. The molecule has 100 valence electrons. The summed E-state index contributed by atoms with van der Waals surface area (Å²) < 4.78 is 0. The molecule has 0 fully saturated rings. The Kier molecular flexibility index (Phi) is 4.00. The van der Waals surface area contributed by atoms with Crippen molar-refractivity contribution >= 4 is 11.3 Å². The second-order valence-corrected chi connectivity index (χ2v) is 6.06. The van der Waals surface area contributed by atoms with Gasteiger partial charge in [-0.3, -0.25) is 0 Å². The first-order valence-corrected chi connectivity index (χ1v) is 8.20. The van der Waals surface area contributed by atoms with Gasteiger partial charge in [0.1, 0.15) is 0 Å². The van der Waals surface area contributed by atoms with Crippen molar-refractivity contribution in [1.82, 2.24) is 5.32 Å². The average molecular weight is 271 g/mol. The highest BCUT2D eigenvalue weighted by Crippen LogP contribution is 2.28. The maximum atomic E-state index is 3.61. The minimum Gasteiger partial charge on any atom is -0.307 e. The Morgan fingerprint density at radius 3 is 2.68 bits per heavy atom. The molecule has 1 aromatic carbocycles. The Bertz CT molecular complexity index is 530. The highest BCUT2D eigenvalue weighted by atomic mass is 32.1. The van der Waals surface area contributed by atoms with Gasteiger partial charge in [0.05, 0.1) is 6.04 Å². The van der Waals surface area contributed by atoms with E-state index in [1.807, 2.05) is 0 Å². The standard InChI is InChI=1S/C17H21NS/c1-2-18-17(16-9-10-19-12-16)15-8-7-13-5-3-4-6-14(13)11-15/h7-12,17-18H,2-6H2,1H3. The summed E-state index contributed by atoms with van der Waals surface area (Å²) in [6, 6.07) is 9.68. The van der Waals surface area contributed by atoms with Crippen LogP contribution in [0.4, 0.5) is 0 Å². The third kappa shape index (κ3) is 2.75. The molecule has 1 aliphatic carbocycles. The number of nitrogens with one attached hydrogen (secondary N) is 1. The predicted octanol–water partition coefficient (Wildman–Crippen LogP) is 4.33. The Labute approximate surface area is 119 Å². The second-order valence-electron chi connectivity index (χ2n) is 5.28. The molecule has 0 bridgehead atoms. The second kappa shape index (κ2) is 5.89. The van der Waals surface area contributed by atoms with Crippen LogP contribution in [0.1, 0.15) is 48.1 Å². The van der Waals surface area contributed by atoms with Gasteiger partial charge < -0.3 is 5.32 Å². The van der Waals surface area contributed by atoms with Crippen LogP contribution in [0.15, 0.2) is 35.0 Å². The predicted molar refractivity (Wildman–Crippen MR) is 82.9 cm³/mol. The average Bonchev–Trinajstić information content (AvgIpc) is 2.98. The first-order chi connectivity index (χ1) is 9.38. The van der Waals surface area contributed by atoms with Gasteiger partial charge in [0.15, 0.2) is 0 Å². The van der Waals surface area contributed by atoms with Crippen molar-refractivity contribution in [2.75, 3.05) is 6.54 Å². The van der Waals surface area contributed by atoms with Gasteiger partial charge in [-0.1, -0.05) is 25.1 Å². The van der Waals surface area contributed by atoms with Gasteiger partial charge >= 0.3 is 0 Å². The fourth-order valence-corrected chi connectivity index (χ4v) is 3.69. The monoisotopic (exact) mass is 271 g/mol. The largest absolute Gasteiger partial charge is 0.307 e. The number of hydrogen-bond donors (Lipinski definition) is 1. The molecular weight excluding hydrogens is 250 g/mol. The zero-order chi connectivity index (χ0) is 13.1. The van der Waals surface area contributed by atoms with Crippen LogP contribution in [-0.4, -0.2) is 6.54 Å². The summed E-state index contributed by atoms with van der Waals surface area (Å²) in [5.74, 6) is 0. The molecule has 0 amide bonds. The Morgan fingerprint density at radius 1 is 1.11 bits per heavy atom. The van der Waals surface area contributed by atoms with Crippen LogP contribution in [0, 0.1) is 0 Å². The van der Waals surface area contributed by atoms with E-state index >= 15 is 0 Å². The fourth-order valence-electron chi connectivity index (χ4n) is 3.00. The lowest BCUT2D eigenvalue weighted by Gasteiger charge is -2.21. The quantitative estimate of drug-likeness (QED) is 0.873. The van der Waals surface area contributed by atoms with Crippen molar-refractivity contribution in [2.24, 2.45) is 0 Å². The molecule has 1 atom stereocenters. The number of aryl methyl sites for hydroxylation is 2. The molecule has 1 nitrogen and oxygen atoms in total. The lowest BCUT2D eigenvalue weighted by Crippen LogP contribution is -2.22. The summed E-state index contributed by atoms with van der Waals surface area (Å²) in [4.78, 5) is 0. The molecule has 1 aromatic heterocycles. The zero-order valence-corrected chi connectivity index (χ0v) is 12.3. The van der Waals surface area contributed by atoms with Gasteiger partial charge in [-0.05, 0) is 71.3 Å². The van der Waals surface area contributed by atoms with E-state index in [0.29, 0.717) is 6.04 Å². The van der Waals surface area contributed by atoms with Gasteiger partial charge in [-0.15, -0.1) is 0 Å². The van der Waals surface area contributed by atoms with E-state index in [4.69, 9.17) is 0 Å². The van der Waals surface area contributed by atoms with Crippen LogP contribution in [-0.2, 0) is 12.8 Å². The molecule has 0 radical (unpaired) electrons. The molecular formula is C17H21NS. The molecule has 0 saturated heterocycles. The number of fused-ring (bicyclic) bond motifs is 1. The lowest BCUT2D eigenvalue weighted by atomic mass is 9.88. The van der Waals surface area contributed by atoms with Gasteiger partial charge in [0.25, 0.3) is 0 Å². The molecule has 0 spiro atoms. The third-order valence-electron chi connectivity index (χ3n) is 3.99. The van der Waals surface area contributed by atoms with E-state index in [-0.39, 0.29) is 0 Å². The minimum atomic E-state index is 0.350. The van der Waals surface area contributed by atoms with Crippen molar-refractivity contribution < 1.29 is 0 Å². The van der Waals surface area contributed by atoms with Crippen LogP contribution >= 0.6 is 11.3 Å². The molecule has 1 N–H and O–H groups in total. The number of benzene rings is 1. The van der Waals surface area contributed by atoms with E-state index in [2.05, 4.69) is 47.3 Å². The van der Waals surface area contributed by atoms with Crippen LogP contribution in [0.25, 0.3) is 0 Å². The topological polar surface area (TPSA) is 12.0 Å². The maximum absolute atomic E-state index is 3.61. The number of thiophene rings is 1. The molecule has 2 heteroatoms. The van der Waals surface area contributed by atoms with E-state index in [0.717, 1.165) is 6.54 Å². The van der Waals surface area contributed by atoms with Crippen molar-refractivity contribution in [3.05, 3.63) is 57.3 Å². The van der Waals surface area contributed by atoms with Gasteiger partial charge in [-0.2, -0.15) is 11.3 Å². The maximum Gasteiger partial charge on any atom is 0.0584 e. The van der Waals surface area contributed by atoms with Crippen LogP contribution in [0.5, 0.6) is 0 Å². The van der Waals surface area contributed by atoms with Crippen molar-refractivity contribution in [2.45, 2.75) is 38.6 Å². The molecule has 0 aliphatic heterocycles. The highest BCUT2D eigenvalue weighted by molar-refractivity contribution is 7.08. The summed E-state index contributed by atoms with van der Waals surface area (Å²) in [6.07, 6.45) is 5.22. The molecule has 3 rings (SSSR count). The SMILES string of the molecule is CCNC(c1ccsc1)c1ccc2c(c1)CCCC2. The molecule has 1 aliphatic rings. The van der Waals surface area contributed by atoms with E-state index in [1.54, 1.807) is 22.5 Å².